The lowest BCUT2D eigenvalue weighted by atomic mass is 10.1. The van der Waals surface area contributed by atoms with Crippen LogP contribution in [-0.2, 0) is 23.4 Å². The second-order valence-electron chi connectivity index (χ2n) is 13.5. The molecule has 0 radical (unpaired) electrons. The minimum absolute atomic E-state index is 0.151. The molecule has 4 aromatic rings. The summed E-state index contributed by atoms with van der Waals surface area (Å²) in [5.41, 5.74) is 5.05. The van der Waals surface area contributed by atoms with Crippen LogP contribution in [0.15, 0.2) is 60.8 Å². The predicted molar refractivity (Wildman–Crippen MR) is 204 cm³/mol. The van der Waals surface area contributed by atoms with Crippen molar-refractivity contribution in [1.82, 2.24) is 9.97 Å². The number of pyridine rings is 1. The molecular weight excluding hydrogens is 673 g/mol. The van der Waals surface area contributed by atoms with Crippen molar-refractivity contribution in [3.8, 4) is 21.7 Å². The third-order valence-corrected chi connectivity index (χ3v) is 14.3. The molecule has 0 spiro atoms. The van der Waals surface area contributed by atoms with E-state index in [1.54, 1.807) is 23.6 Å². The van der Waals surface area contributed by atoms with Crippen molar-refractivity contribution in [3.05, 3.63) is 60.8 Å². The number of thiazole rings is 1. The fourth-order valence-electron chi connectivity index (χ4n) is 4.63. The molecule has 4 rings (SSSR count). The van der Waals surface area contributed by atoms with E-state index >= 15 is 0 Å². The summed E-state index contributed by atoms with van der Waals surface area (Å²) in [4.78, 5) is 24.5. The third kappa shape index (κ3) is 11.6. The zero-order valence-electron chi connectivity index (χ0n) is 30.4. The number of hydrogen-bond acceptors (Lipinski definition) is 10. The van der Waals surface area contributed by atoms with Gasteiger partial charge in [-0.1, -0.05) is 45.0 Å². The number of amides is 1. The molecule has 2 aromatic heterocycles. The lowest BCUT2D eigenvalue weighted by Crippen LogP contribution is -2.41. The molecule has 11 nitrogen and oxygen atoms in total. The Balaban J connectivity index is 1.10. The van der Waals surface area contributed by atoms with Crippen molar-refractivity contribution in [2.24, 2.45) is 0 Å². The van der Waals surface area contributed by atoms with Crippen molar-refractivity contribution in [3.63, 3.8) is 0 Å². The molecule has 0 fully saturated rings. The number of ether oxygens (including phenoxy) is 4. The maximum absolute atomic E-state index is 12.0. The molecule has 1 amide bonds. The quantitative estimate of drug-likeness (QED) is 0.0720. The molecule has 0 aliphatic heterocycles. The number of benzene rings is 2. The topological polar surface area (TPSA) is 116 Å². The molecule has 1 N–H and O–H groups in total. The van der Waals surface area contributed by atoms with Gasteiger partial charge in [-0.15, -0.1) is 11.3 Å². The first-order valence-corrected chi connectivity index (χ1v) is 20.7. The molecule has 0 saturated carbocycles. The molecule has 0 aliphatic carbocycles. The zero-order chi connectivity index (χ0) is 36.1. The van der Waals surface area contributed by atoms with Crippen LogP contribution in [0.2, 0.25) is 18.1 Å². The molecular formula is C37H52N4O7SSi. The Bertz CT molecular complexity index is 1630. The average Bonchev–Trinajstić information content (AvgIpc) is 3.51. The van der Waals surface area contributed by atoms with E-state index in [4.69, 9.17) is 28.4 Å². The number of aromatic nitrogens is 2. The van der Waals surface area contributed by atoms with Crippen molar-refractivity contribution in [2.75, 3.05) is 89.9 Å². The fourth-order valence-corrected chi connectivity index (χ4v) is 6.67. The zero-order valence-corrected chi connectivity index (χ0v) is 32.3. The van der Waals surface area contributed by atoms with Gasteiger partial charge in [-0.3, -0.25) is 4.90 Å². The van der Waals surface area contributed by atoms with Crippen molar-refractivity contribution >= 4 is 47.5 Å². The minimum Gasteiger partial charge on any atom is -0.465 e. The molecule has 0 saturated heterocycles. The van der Waals surface area contributed by atoms with Crippen LogP contribution in [0, 0.1) is 0 Å². The Morgan fingerprint density at radius 3 is 1.88 bits per heavy atom. The predicted octanol–water partition coefficient (Wildman–Crippen LogP) is 7.66. The Labute approximate surface area is 301 Å². The fraction of sp³-hybridized carbons (Fsp3) is 0.486. The van der Waals surface area contributed by atoms with Crippen LogP contribution in [0.3, 0.4) is 0 Å². The number of rotatable bonds is 20. The summed E-state index contributed by atoms with van der Waals surface area (Å²) in [6.45, 7) is 15.3. The highest BCUT2D eigenvalue weighted by molar-refractivity contribution is 7.21. The normalized spacial score (nSPS) is 12.1. The Hall–Kier alpha value is -3.43. The highest BCUT2D eigenvalue weighted by Crippen LogP contribution is 2.36. The van der Waals surface area contributed by atoms with Crippen LogP contribution < -0.4 is 9.80 Å². The summed E-state index contributed by atoms with van der Waals surface area (Å²) in [5.74, 6) is 0.341. The van der Waals surface area contributed by atoms with Gasteiger partial charge in [-0.2, -0.15) is 0 Å². The standard InChI is InChI=1S/C37H52N4O7SSi/c1-37(2,3)50(6,7)48-25-24-47-23-22-46-21-20-45-19-18-44-17-16-41(36(42)43)34-15-12-30(27-38-34)28-8-10-29(11-9-28)35-39-32-14-13-31(40(4)5)26-33(32)49-35/h8-15,26-27H,16-25H2,1-7H3,(H,42,43). The van der Waals surface area contributed by atoms with Crippen LogP contribution in [0.25, 0.3) is 31.9 Å². The maximum Gasteiger partial charge on any atom is 0.413 e. The minimum atomic E-state index is -1.73. The van der Waals surface area contributed by atoms with E-state index in [1.165, 1.54) is 4.90 Å². The first-order chi connectivity index (χ1) is 23.9. The number of hydrogen-bond donors (Lipinski definition) is 1. The van der Waals surface area contributed by atoms with E-state index in [0.717, 1.165) is 37.6 Å². The molecule has 0 atom stereocenters. The van der Waals surface area contributed by atoms with Crippen LogP contribution in [0.5, 0.6) is 0 Å². The van der Waals surface area contributed by atoms with Crippen LogP contribution in [0.4, 0.5) is 16.3 Å². The smallest absolute Gasteiger partial charge is 0.413 e. The van der Waals surface area contributed by atoms with Gasteiger partial charge in [0, 0.05) is 37.1 Å². The number of fused-ring (bicyclic) bond motifs is 1. The van der Waals surface area contributed by atoms with Gasteiger partial charge in [-0.25, -0.2) is 14.8 Å². The second kappa shape index (κ2) is 18.7. The molecule has 0 aliphatic rings. The Morgan fingerprint density at radius 1 is 0.780 bits per heavy atom. The van der Waals surface area contributed by atoms with Crippen LogP contribution in [0.1, 0.15) is 20.8 Å². The molecule has 2 heterocycles. The SMILES string of the molecule is CN(C)c1ccc2nc(-c3ccc(-c4ccc(N(CCOCCOCCOCCOCCO[Si](C)(C)C(C)(C)C)C(=O)O)nc4)cc3)sc2c1. The molecule has 272 valence electrons. The van der Waals surface area contributed by atoms with Crippen LogP contribution in [-0.4, -0.2) is 110 Å². The third-order valence-electron chi connectivity index (χ3n) is 8.68. The lowest BCUT2D eigenvalue weighted by Gasteiger charge is -2.36. The summed E-state index contributed by atoms with van der Waals surface area (Å²) in [7, 11) is 2.33. The van der Waals surface area contributed by atoms with Gasteiger partial charge in [0.25, 0.3) is 0 Å². The number of nitrogens with zero attached hydrogens (tertiary/aromatic N) is 4. The van der Waals surface area contributed by atoms with Gasteiger partial charge in [0.15, 0.2) is 8.32 Å². The Morgan fingerprint density at radius 2 is 1.34 bits per heavy atom. The van der Waals surface area contributed by atoms with E-state index in [0.29, 0.717) is 58.7 Å². The molecule has 0 unspecified atom stereocenters. The van der Waals surface area contributed by atoms with E-state index in [1.807, 2.05) is 32.3 Å². The van der Waals surface area contributed by atoms with Crippen molar-refractivity contribution in [1.29, 1.82) is 0 Å². The maximum atomic E-state index is 12.0. The average molecular weight is 725 g/mol. The molecule has 50 heavy (non-hydrogen) atoms. The van der Waals surface area contributed by atoms with Gasteiger partial charge in [0.1, 0.15) is 10.8 Å². The van der Waals surface area contributed by atoms with E-state index in [2.05, 4.69) is 74.1 Å². The molecule has 2 aromatic carbocycles. The summed E-state index contributed by atoms with van der Waals surface area (Å²) in [6, 6.07) is 18.0. The van der Waals surface area contributed by atoms with E-state index < -0.39 is 14.4 Å². The molecule has 0 bridgehead atoms. The Kier molecular flexibility index (Phi) is 14.7. The number of carbonyl (C=O) groups is 1. The lowest BCUT2D eigenvalue weighted by molar-refractivity contribution is -0.00439. The van der Waals surface area contributed by atoms with Crippen molar-refractivity contribution in [2.45, 2.75) is 38.9 Å². The summed E-state index contributed by atoms with van der Waals surface area (Å²) in [6.07, 6.45) is 0.598. The highest BCUT2D eigenvalue weighted by Gasteiger charge is 2.36. The largest absolute Gasteiger partial charge is 0.465 e. The van der Waals surface area contributed by atoms with Crippen molar-refractivity contribution < 1.29 is 33.3 Å². The van der Waals surface area contributed by atoms with Gasteiger partial charge in [0.05, 0.1) is 76.2 Å². The van der Waals surface area contributed by atoms with Gasteiger partial charge in [-0.05, 0) is 54.0 Å². The first-order valence-electron chi connectivity index (χ1n) is 17.0. The second-order valence-corrected chi connectivity index (χ2v) is 19.4. The van der Waals surface area contributed by atoms with Crippen LogP contribution >= 0.6 is 11.3 Å². The number of carboxylic acid groups (broad SMARTS) is 1. The molecule has 13 heteroatoms. The monoisotopic (exact) mass is 724 g/mol. The highest BCUT2D eigenvalue weighted by atomic mass is 32.1. The van der Waals surface area contributed by atoms with E-state index in [9.17, 15) is 9.90 Å². The van der Waals surface area contributed by atoms with Gasteiger partial charge in [0.2, 0.25) is 0 Å². The van der Waals surface area contributed by atoms with Gasteiger partial charge < -0.3 is 33.4 Å². The van der Waals surface area contributed by atoms with E-state index in [-0.39, 0.29) is 18.2 Å². The summed E-state index contributed by atoms with van der Waals surface area (Å²) >= 11 is 1.67. The summed E-state index contributed by atoms with van der Waals surface area (Å²) < 4.78 is 29.5. The number of anilines is 2. The first kappa shape index (κ1) is 39.4. The summed E-state index contributed by atoms with van der Waals surface area (Å²) in [5, 5.41) is 10.9. The van der Waals surface area contributed by atoms with Gasteiger partial charge >= 0.3 is 6.09 Å².